The first-order chi connectivity index (χ1) is 9.65. The average Bonchev–Trinajstić information content (AvgIpc) is 2.47. The first kappa shape index (κ1) is 11.8. The van der Waals surface area contributed by atoms with Gasteiger partial charge < -0.3 is 10.2 Å². The Labute approximate surface area is 114 Å². The molecule has 2 N–H and O–H groups in total. The second-order valence-electron chi connectivity index (χ2n) is 4.44. The highest BCUT2D eigenvalue weighted by molar-refractivity contribution is 6.11. The van der Waals surface area contributed by atoms with Crippen LogP contribution in [-0.2, 0) is 0 Å². The van der Waals surface area contributed by atoms with Gasteiger partial charge in [0.2, 0.25) is 0 Å². The van der Waals surface area contributed by atoms with Crippen molar-refractivity contribution in [2.45, 2.75) is 0 Å². The van der Waals surface area contributed by atoms with Crippen molar-refractivity contribution in [1.29, 1.82) is 10.5 Å². The lowest BCUT2D eigenvalue weighted by atomic mass is 9.97. The zero-order chi connectivity index (χ0) is 14.3. The molecule has 0 amide bonds. The van der Waals surface area contributed by atoms with E-state index in [1.54, 1.807) is 36.4 Å². The van der Waals surface area contributed by atoms with Crippen LogP contribution < -0.4 is 0 Å². The highest BCUT2D eigenvalue weighted by atomic mass is 16.3. The van der Waals surface area contributed by atoms with Gasteiger partial charge in [0.25, 0.3) is 0 Å². The van der Waals surface area contributed by atoms with Crippen LogP contribution in [0.1, 0.15) is 11.1 Å². The van der Waals surface area contributed by atoms with E-state index < -0.39 is 0 Å². The largest absolute Gasteiger partial charge is 0.506 e. The number of rotatable bonds is 0. The van der Waals surface area contributed by atoms with Gasteiger partial charge in [0.15, 0.2) is 0 Å². The molecule has 0 atom stereocenters. The number of hydrogen-bond donors (Lipinski definition) is 2. The Balaban J connectivity index is 2.55. The molecule has 0 spiro atoms. The van der Waals surface area contributed by atoms with Gasteiger partial charge in [-0.25, -0.2) is 0 Å². The van der Waals surface area contributed by atoms with Crippen LogP contribution in [0.3, 0.4) is 0 Å². The Hall–Kier alpha value is -3.24. The minimum Gasteiger partial charge on any atom is -0.506 e. The monoisotopic (exact) mass is 260 g/mol. The number of nitriles is 2. The maximum Gasteiger partial charge on any atom is 0.144 e. The molecule has 0 unspecified atom stereocenters. The minimum absolute atomic E-state index is 0.145. The lowest BCUT2D eigenvalue weighted by Gasteiger charge is -2.08. The Morgan fingerprint density at radius 1 is 0.800 bits per heavy atom. The number of phenolic OH excluding ortho intramolecular Hbond substituents is 2. The maximum absolute atomic E-state index is 10.1. The molecular formula is C16H8N2O2. The fraction of sp³-hybridized carbons (Fsp3) is 0. The van der Waals surface area contributed by atoms with Gasteiger partial charge in [-0.15, -0.1) is 0 Å². The maximum atomic E-state index is 10.1. The zero-order valence-corrected chi connectivity index (χ0v) is 10.3. The van der Waals surface area contributed by atoms with Gasteiger partial charge in [0.05, 0.1) is 11.6 Å². The third-order valence-electron chi connectivity index (χ3n) is 3.33. The zero-order valence-electron chi connectivity index (χ0n) is 10.3. The third-order valence-corrected chi connectivity index (χ3v) is 3.33. The van der Waals surface area contributed by atoms with E-state index in [1.165, 1.54) is 6.07 Å². The van der Waals surface area contributed by atoms with Gasteiger partial charge in [-0.2, -0.15) is 10.5 Å². The molecule has 4 nitrogen and oxygen atoms in total. The van der Waals surface area contributed by atoms with Crippen molar-refractivity contribution in [2.24, 2.45) is 0 Å². The topological polar surface area (TPSA) is 88.0 Å². The molecular weight excluding hydrogens is 252 g/mol. The van der Waals surface area contributed by atoms with Crippen LogP contribution in [0, 0.1) is 22.7 Å². The van der Waals surface area contributed by atoms with E-state index in [9.17, 15) is 10.2 Å². The number of phenols is 2. The highest BCUT2D eigenvalue weighted by Crippen LogP contribution is 2.38. The molecule has 20 heavy (non-hydrogen) atoms. The molecule has 0 heterocycles. The standard InChI is InChI=1S/C16H8N2O2/c17-7-9-1-2-10-3-4-11-13(12(10)5-9)6-15(19)14(8-18)16(11)20/h1-6,19-20H. The van der Waals surface area contributed by atoms with Crippen LogP contribution in [0.2, 0.25) is 0 Å². The van der Waals surface area contributed by atoms with Crippen molar-refractivity contribution in [2.75, 3.05) is 0 Å². The summed E-state index contributed by atoms with van der Waals surface area (Å²) in [6.45, 7) is 0. The number of hydrogen-bond acceptors (Lipinski definition) is 4. The van der Waals surface area contributed by atoms with Gasteiger partial charge in [0.1, 0.15) is 23.1 Å². The summed E-state index contributed by atoms with van der Waals surface area (Å²) < 4.78 is 0. The van der Waals surface area contributed by atoms with Crippen LogP contribution in [0.15, 0.2) is 36.4 Å². The molecule has 4 heteroatoms. The van der Waals surface area contributed by atoms with Crippen LogP contribution in [-0.4, -0.2) is 10.2 Å². The predicted molar refractivity (Wildman–Crippen MR) is 74.2 cm³/mol. The van der Waals surface area contributed by atoms with Crippen LogP contribution in [0.4, 0.5) is 0 Å². The number of benzene rings is 3. The Bertz CT molecular complexity index is 947. The molecule has 0 fully saturated rings. The molecule has 0 radical (unpaired) electrons. The highest BCUT2D eigenvalue weighted by Gasteiger charge is 2.13. The lowest BCUT2D eigenvalue weighted by molar-refractivity contribution is 0.452. The molecule has 0 saturated heterocycles. The summed E-state index contributed by atoms with van der Waals surface area (Å²) in [5.74, 6) is -0.515. The first-order valence-corrected chi connectivity index (χ1v) is 5.87. The molecule has 0 saturated carbocycles. The third kappa shape index (κ3) is 1.53. The molecule has 3 rings (SSSR count). The summed E-state index contributed by atoms with van der Waals surface area (Å²) in [7, 11) is 0. The second-order valence-corrected chi connectivity index (χ2v) is 4.44. The van der Waals surface area contributed by atoms with Crippen molar-refractivity contribution in [3.05, 3.63) is 47.5 Å². The number of aromatic hydroxyl groups is 2. The van der Waals surface area contributed by atoms with Gasteiger partial charge in [0, 0.05) is 5.39 Å². The summed E-state index contributed by atoms with van der Waals surface area (Å²) in [6, 6.07) is 14.0. The molecule has 0 aliphatic heterocycles. The summed E-state index contributed by atoms with van der Waals surface area (Å²) in [5, 5.41) is 40.5. The van der Waals surface area contributed by atoms with Gasteiger partial charge in [-0.05, 0) is 40.4 Å². The van der Waals surface area contributed by atoms with E-state index in [0.29, 0.717) is 16.3 Å². The number of fused-ring (bicyclic) bond motifs is 3. The molecule has 0 aromatic heterocycles. The molecule has 0 aliphatic rings. The van der Waals surface area contributed by atoms with Crippen molar-refractivity contribution in [3.63, 3.8) is 0 Å². The number of nitrogens with zero attached hydrogens (tertiary/aromatic N) is 2. The van der Waals surface area contributed by atoms with E-state index in [0.717, 1.165) is 10.8 Å². The van der Waals surface area contributed by atoms with Gasteiger partial charge >= 0.3 is 0 Å². The summed E-state index contributed by atoms with van der Waals surface area (Å²) in [5.41, 5.74) is 0.349. The lowest BCUT2D eigenvalue weighted by Crippen LogP contribution is -1.85. The second kappa shape index (κ2) is 4.15. The Kier molecular flexibility index (Phi) is 2.45. The molecule has 3 aromatic carbocycles. The summed E-state index contributed by atoms with van der Waals surface area (Å²) in [6.07, 6.45) is 0. The van der Waals surface area contributed by atoms with Crippen molar-refractivity contribution in [1.82, 2.24) is 0 Å². The van der Waals surface area contributed by atoms with Crippen LogP contribution in [0.25, 0.3) is 21.5 Å². The van der Waals surface area contributed by atoms with E-state index in [-0.39, 0.29) is 17.1 Å². The van der Waals surface area contributed by atoms with Crippen molar-refractivity contribution >= 4 is 21.5 Å². The molecule has 3 aromatic rings. The predicted octanol–water partition coefficient (Wildman–Crippen LogP) is 3.15. The summed E-state index contributed by atoms with van der Waals surface area (Å²) >= 11 is 0. The average molecular weight is 260 g/mol. The fourth-order valence-corrected chi connectivity index (χ4v) is 2.35. The molecule has 0 bridgehead atoms. The van der Waals surface area contributed by atoms with E-state index in [4.69, 9.17) is 10.5 Å². The smallest absolute Gasteiger partial charge is 0.144 e. The van der Waals surface area contributed by atoms with E-state index in [1.807, 2.05) is 0 Å². The quantitative estimate of drug-likeness (QED) is 0.608. The fourth-order valence-electron chi connectivity index (χ4n) is 2.35. The Morgan fingerprint density at radius 2 is 1.55 bits per heavy atom. The molecule has 94 valence electrons. The Morgan fingerprint density at radius 3 is 2.25 bits per heavy atom. The minimum atomic E-state index is -0.271. The SMILES string of the molecule is N#Cc1ccc2ccc3c(O)c(C#N)c(O)cc3c2c1. The van der Waals surface area contributed by atoms with E-state index in [2.05, 4.69) is 6.07 Å². The van der Waals surface area contributed by atoms with Crippen molar-refractivity contribution < 1.29 is 10.2 Å². The van der Waals surface area contributed by atoms with Crippen molar-refractivity contribution in [3.8, 4) is 23.6 Å². The normalized spacial score (nSPS) is 10.3. The summed E-state index contributed by atoms with van der Waals surface area (Å²) in [4.78, 5) is 0. The van der Waals surface area contributed by atoms with Crippen LogP contribution in [0.5, 0.6) is 11.5 Å². The van der Waals surface area contributed by atoms with E-state index >= 15 is 0 Å². The van der Waals surface area contributed by atoms with Crippen LogP contribution >= 0.6 is 0 Å². The molecule has 0 aliphatic carbocycles. The first-order valence-electron chi connectivity index (χ1n) is 5.87. The van der Waals surface area contributed by atoms with Gasteiger partial charge in [-0.1, -0.05) is 12.1 Å². The van der Waals surface area contributed by atoms with Gasteiger partial charge in [-0.3, -0.25) is 0 Å².